The minimum absolute atomic E-state index is 0.0573. The molecule has 30 nitrogen and oxygen atoms in total. The molecule has 0 aliphatic heterocycles. The van der Waals surface area contributed by atoms with Crippen LogP contribution >= 0.6 is 0 Å². The van der Waals surface area contributed by atoms with E-state index in [-0.39, 0.29) is 28.8 Å². The van der Waals surface area contributed by atoms with E-state index >= 15 is 0 Å². The van der Waals surface area contributed by atoms with E-state index in [1.165, 1.54) is 103 Å². The zero-order valence-electron chi connectivity index (χ0n) is 72.4. The van der Waals surface area contributed by atoms with Gasteiger partial charge in [-0.05, 0) is 136 Å². The lowest BCUT2D eigenvalue weighted by atomic mass is 10.2. The quantitative estimate of drug-likeness (QED) is 0.0498. The van der Waals surface area contributed by atoms with Gasteiger partial charge in [-0.25, -0.2) is 87.3 Å². The summed E-state index contributed by atoms with van der Waals surface area (Å²) in [6, 6.07) is 23.4. The third-order valence-corrected chi connectivity index (χ3v) is 20.0. The van der Waals surface area contributed by atoms with Crippen LogP contribution < -0.4 is 26.6 Å². The molecule has 0 saturated heterocycles. The molecule has 19 aromatic rings. The topological polar surface area (TPSA) is 343 Å². The van der Waals surface area contributed by atoms with Crippen molar-refractivity contribution in [3.63, 3.8) is 0 Å². The SMILES string of the molecule is CCc1nc2cnccc2n1-c1cncc(Nc2ccc(C(F)(F)F)cc2)n1.CCc1nc2ncc(F)cc2n1-c1cncc(Nc2ccc(C(F)(F)F)c(F)c2)n1.CCc1ncc(C)n1-c1cncc(Nc2ccc(C(F)(F)F)cc2)n1.Cc1nc2ncc(F)cc2n1-c1cncc(Nc2ccc(C(F)(F)F)c(F)c2)n1.Cc1nc2ncncc2n1-c1cncc(Nc2ccc(C(F)(F)F)cc2)n1. The first-order valence-corrected chi connectivity index (χ1v) is 41.0. The highest BCUT2D eigenvalue weighted by molar-refractivity contribution is 5.78. The van der Waals surface area contributed by atoms with Crippen LogP contribution in [0.5, 0.6) is 0 Å². The Bertz CT molecular complexity index is 7610. The molecule has 5 N–H and O–H groups in total. The Hall–Kier alpha value is -17.2. The maximum absolute atomic E-state index is 13.8. The largest absolute Gasteiger partial charge is 0.419 e. The Kier molecular flexibility index (Phi) is 27.8. The van der Waals surface area contributed by atoms with Gasteiger partial charge in [0.25, 0.3) is 0 Å². The second-order valence-corrected chi connectivity index (χ2v) is 29.6. The fourth-order valence-corrected chi connectivity index (χ4v) is 13.8. The second kappa shape index (κ2) is 40.1. The van der Waals surface area contributed by atoms with Crippen LogP contribution in [0, 0.1) is 44.0 Å². The van der Waals surface area contributed by atoms with Crippen LogP contribution in [0.4, 0.5) is 141 Å². The van der Waals surface area contributed by atoms with Gasteiger partial charge in [0.2, 0.25) is 0 Å². The van der Waals surface area contributed by atoms with Crippen LogP contribution in [0.1, 0.15) is 83.4 Å². The highest BCUT2D eigenvalue weighted by Gasteiger charge is 2.37. The molecule has 0 saturated carbocycles. The molecule has 0 spiro atoms. The third kappa shape index (κ3) is 22.7. The number of anilines is 10. The highest BCUT2D eigenvalue weighted by Crippen LogP contribution is 2.39. The van der Waals surface area contributed by atoms with Crippen LogP contribution in [0.25, 0.3) is 73.6 Å². The Morgan fingerprint density at radius 1 is 0.273 bits per heavy atom. The Morgan fingerprint density at radius 2 is 0.619 bits per heavy atom. The Labute approximate surface area is 770 Å². The molecule has 0 unspecified atom stereocenters. The molecule has 0 aliphatic carbocycles. The average Bonchev–Trinajstić information content (AvgIpc) is 1.65. The Balaban J connectivity index is 0.000000132. The van der Waals surface area contributed by atoms with Crippen molar-refractivity contribution < 1.29 is 83.4 Å². The molecule has 14 heterocycles. The molecule has 49 heteroatoms. The maximum atomic E-state index is 13.8. The molecule has 14 aromatic heterocycles. The zero-order chi connectivity index (χ0) is 99.0. The van der Waals surface area contributed by atoms with Gasteiger partial charge in [0, 0.05) is 77.9 Å². The number of imidazole rings is 5. The summed E-state index contributed by atoms with van der Waals surface area (Å²) in [7, 11) is 0. The number of nitrogens with zero attached hydrogens (tertiary/aromatic N) is 25. The van der Waals surface area contributed by atoms with Crippen molar-refractivity contribution >= 4 is 102 Å². The smallest absolute Gasteiger partial charge is 0.339 e. The van der Waals surface area contributed by atoms with Crippen LogP contribution in [0.15, 0.2) is 233 Å². The summed E-state index contributed by atoms with van der Waals surface area (Å²) in [5, 5.41) is 14.3. The first kappa shape index (κ1) is 96.4. The molecule has 0 amide bonds. The molecule has 139 heavy (non-hydrogen) atoms. The molecule has 0 atom stereocenters. The summed E-state index contributed by atoms with van der Waals surface area (Å²) in [6.07, 6.45) is 4.25. The van der Waals surface area contributed by atoms with Gasteiger partial charge in [0.1, 0.15) is 69.8 Å². The summed E-state index contributed by atoms with van der Waals surface area (Å²) in [5.74, 6) is 3.18. The van der Waals surface area contributed by atoms with E-state index < -0.39 is 82.0 Å². The second-order valence-electron chi connectivity index (χ2n) is 29.6. The van der Waals surface area contributed by atoms with Gasteiger partial charge >= 0.3 is 30.9 Å². The monoisotopic (exact) mass is 1930 g/mol. The van der Waals surface area contributed by atoms with Crippen molar-refractivity contribution in [1.82, 2.24) is 123 Å². The number of alkyl halides is 15. The van der Waals surface area contributed by atoms with E-state index in [2.05, 4.69) is 126 Å². The number of fused-ring (bicyclic) bond motifs is 4. The number of aromatic nitrogens is 25. The van der Waals surface area contributed by atoms with Crippen molar-refractivity contribution in [2.45, 2.75) is 91.7 Å². The lowest BCUT2D eigenvalue weighted by Gasteiger charge is -2.12. The van der Waals surface area contributed by atoms with E-state index in [9.17, 15) is 83.4 Å². The third-order valence-electron chi connectivity index (χ3n) is 20.0. The van der Waals surface area contributed by atoms with Crippen molar-refractivity contribution in [2.24, 2.45) is 0 Å². The molecular weight excluding hydrogens is 1860 g/mol. The average molecular weight is 1930 g/mol. The molecule has 0 bridgehead atoms. The van der Waals surface area contributed by atoms with Crippen molar-refractivity contribution in [2.75, 3.05) is 26.6 Å². The van der Waals surface area contributed by atoms with Gasteiger partial charge in [-0.1, -0.05) is 20.8 Å². The lowest BCUT2D eigenvalue weighted by Crippen LogP contribution is -2.09. The summed E-state index contributed by atoms with van der Waals surface area (Å²) < 4.78 is 254. The fourth-order valence-electron chi connectivity index (χ4n) is 13.8. The van der Waals surface area contributed by atoms with E-state index in [1.54, 1.807) is 66.4 Å². The van der Waals surface area contributed by atoms with E-state index in [1.807, 2.05) is 42.9 Å². The summed E-state index contributed by atoms with van der Waals surface area (Å²) in [4.78, 5) is 84.6. The van der Waals surface area contributed by atoms with Gasteiger partial charge < -0.3 is 26.6 Å². The number of rotatable bonds is 18. The van der Waals surface area contributed by atoms with Gasteiger partial charge in [0.15, 0.2) is 75.1 Å². The number of halogens is 19. The molecule has 0 radical (unpaired) electrons. The summed E-state index contributed by atoms with van der Waals surface area (Å²) in [6.45, 7) is 11.2. The molecule has 0 aliphatic rings. The summed E-state index contributed by atoms with van der Waals surface area (Å²) >= 11 is 0. The molecule has 0 fully saturated rings. The lowest BCUT2D eigenvalue weighted by molar-refractivity contribution is -0.140. The molecule has 710 valence electrons. The molecule has 5 aromatic carbocycles. The van der Waals surface area contributed by atoms with Crippen LogP contribution in [-0.2, 0) is 50.1 Å². The van der Waals surface area contributed by atoms with Gasteiger partial charge in [-0.3, -0.25) is 52.7 Å². The normalized spacial score (nSPS) is 11.7. The van der Waals surface area contributed by atoms with E-state index in [0.29, 0.717) is 140 Å². The molecule has 19 rings (SSSR count). The highest BCUT2D eigenvalue weighted by atomic mass is 19.4. The number of hydrogen-bond donors (Lipinski definition) is 5. The van der Waals surface area contributed by atoms with E-state index in [4.69, 9.17) is 0 Å². The van der Waals surface area contributed by atoms with Gasteiger partial charge in [-0.2, -0.15) is 65.9 Å². The van der Waals surface area contributed by atoms with Crippen molar-refractivity contribution in [3.05, 3.63) is 319 Å². The van der Waals surface area contributed by atoms with Gasteiger partial charge in [0.05, 0.1) is 131 Å². The predicted molar refractivity (Wildman–Crippen MR) is 471 cm³/mol. The van der Waals surface area contributed by atoms with E-state index in [0.717, 1.165) is 102 Å². The zero-order valence-corrected chi connectivity index (χ0v) is 72.4. The van der Waals surface area contributed by atoms with Crippen LogP contribution in [-0.4, -0.2) is 123 Å². The maximum Gasteiger partial charge on any atom is 0.419 e. The number of pyridine rings is 3. The number of benzene rings is 5. The number of aryl methyl sites for hydroxylation is 6. The number of nitrogens with one attached hydrogen (secondary N) is 5. The van der Waals surface area contributed by atoms with Crippen LogP contribution in [0.2, 0.25) is 0 Å². The fraction of sp³-hybridized carbons (Fsp3) is 0.156. The summed E-state index contributed by atoms with van der Waals surface area (Å²) in [5.41, 5.74) is 1.87. The first-order valence-electron chi connectivity index (χ1n) is 41.0. The standard InChI is InChI=1S/C19H13F5N6.C19H15F3N6.C18H11F5N6.C17H12F3N7.C17H16F3N5/c1-2-16-29-18-14(5-10(20)7-26-18)30(16)17-9-25-8-15(28-17)27-11-3-4-12(13(21)6-11)19(22,23)24;1-2-17-26-14-9-23-8-7-15(14)28(17)18-11-24-10-16(27-18)25-13-5-3-12(4-6-13)19(20,21)22;1-9-26-17-14(4-10(19)6-25-17)29(9)16-8-24-7-15(28-16)27-11-2-3-12(13(20)5-11)18(21,22)23;1-10-24-16-13(6-22-9-23-16)27(10)15-8-21-7-14(26-15)25-12-4-2-11(3-5-12)17(18,19)20;1-3-15-22-8-11(2)25(15)16-10-21-9-14(24-16)23-13-6-4-12(5-7-13)17(18,19)20/h3-9H,2H2,1H3,(H,27,28);3-11H,2H2,1H3,(H,25,27);2-8H,1H3,(H,27,28);2-9H,1H3,(H,25,26);4-10H,3H2,1-2H3,(H,23,24). The Morgan fingerprint density at radius 3 is 1.01 bits per heavy atom. The van der Waals surface area contributed by atoms with Crippen molar-refractivity contribution in [3.8, 4) is 29.1 Å². The minimum atomic E-state index is -4.79. The van der Waals surface area contributed by atoms with Crippen LogP contribution in [0.3, 0.4) is 0 Å². The molecular formula is C90H67F19N30. The predicted octanol–water partition coefficient (Wildman–Crippen LogP) is 21.9. The van der Waals surface area contributed by atoms with Gasteiger partial charge in [-0.15, -0.1) is 0 Å². The minimum Gasteiger partial charge on any atom is -0.339 e. The first-order chi connectivity index (χ1) is 66.2. The number of hydrogen-bond acceptors (Lipinski definition) is 25. The van der Waals surface area contributed by atoms with Crippen molar-refractivity contribution in [1.29, 1.82) is 0 Å².